The summed E-state index contributed by atoms with van der Waals surface area (Å²) in [5.41, 5.74) is 0.437. The fourth-order valence-corrected chi connectivity index (χ4v) is 3.06. The molecule has 0 unspecified atom stereocenters. The molecule has 1 amide bonds. The average Bonchev–Trinajstić information content (AvgIpc) is 3.15. The van der Waals surface area contributed by atoms with Crippen molar-refractivity contribution in [3.8, 4) is 5.75 Å². The van der Waals surface area contributed by atoms with E-state index in [4.69, 9.17) is 9.84 Å². The number of carbonyl (C=O) groups excluding carboxylic acids is 1. The summed E-state index contributed by atoms with van der Waals surface area (Å²) in [5, 5.41) is 12.3. The third-order valence-electron chi connectivity index (χ3n) is 4.28. The standard InChI is InChI=1S/C16H17FN2O4/c1-23-13-5-4-11(17)14-10(13)7-12(19-14)15(20)18-9-3-2-8(6-9)16(21)22/h4-5,7-9,19H,2-3,6H2,1H3,(H,18,20)(H,21,22)/t8-,9+/m1/s1. The van der Waals surface area contributed by atoms with Crippen molar-refractivity contribution in [2.45, 2.75) is 25.3 Å². The smallest absolute Gasteiger partial charge is 0.306 e. The van der Waals surface area contributed by atoms with E-state index in [2.05, 4.69) is 10.3 Å². The van der Waals surface area contributed by atoms with Gasteiger partial charge in [0.15, 0.2) is 0 Å². The number of carboxylic acid groups (broad SMARTS) is 1. The first-order chi connectivity index (χ1) is 11.0. The van der Waals surface area contributed by atoms with Gasteiger partial charge in [-0.25, -0.2) is 4.39 Å². The zero-order valence-electron chi connectivity index (χ0n) is 12.6. The van der Waals surface area contributed by atoms with Crippen LogP contribution in [0.2, 0.25) is 0 Å². The fourth-order valence-electron chi connectivity index (χ4n) is 3.06. The Morgan fingerprint density at radius 3 is 2.83 bits per heavy atom. The minimum absolute atomic E-state index is 0.179. The van der Waals surface area contributed by atoms with Crippen LogP contribution in [-0.2, 0) is 4.79 Å². The molecule has 6 nitrogen and oxygen atoms in total. The highest BCUT2D eigenvalue weighted by molar-refractivity contribution is 6.00. The van der Waals surface area contributed by atoms with E-state index in [-0.39, 0.29) is 23.2 Å². The molecule has 1 aromatic heterocycles. The number of aliphatic carboxylic acids is 1. The SMILES string of the molecule is COc1ccc(F)c2[nH]c(C(=O)N[C@H]3CC[C@@H](C(=O)O)C3)cc12. The molecule has 3 rings (SSSR count). The molecule has 0 spiro atoms. The van der Waals surface area contributed by atoms with Crippen molar-refractivity contribution in [2.24, 2.45) is 5.92 Å². The Morgan fingerprint density at radius 2 is 2.17 bits per heavy atom. The summed E-state index contributed by atoms with van der Waals surface area (Å²) in [5.74, 6) is -1.62. The van der Waals surface area contributed by atoms with Gasteiger partial charge in [0.05, 0.1) is 18.5 Å². The number of benzene rings is 1. The van der Waals surface area contributed by atoms with Crippen molar-refractivity contribution in [3.63, 3.8) is 0 Å². The molecular formula is C16H17FN2O4. The number of halogens is 1. The van der Waals surface area contributed by atoms with Crippen LogP contribution in [0.1, 0.15) is 29.8 Å². The number of H-pyrrole nitrogens is 1. The quantitative estimate of drug-likeness (QED) is 0.806. The third kappa shape index (κ3) is 2.86. The van der Waals surface area contributed by atoms with E-state index in [1.165, 1.54) is 25.3 Å². The lowest BCUT2D eigenvalue weighted by Gasteiger charge is -2.11. The molecule has 1 aromatic carbocycles. The minimum atomic E-state index is -0.834. The van der Waals surface area contributed by atoms with Crippen molar-refractivity contribution < 1.29 is 23.8 Å². The Hall–Kier alpha value is -2.57. The number of methoxy groups -OCH3 is 1. The van der Waals surface area contributed by atoms with Gasteiger partial charge in [0.2, 0.25) is 0 Å². The number of aromatic nitrogens is 1. The molecule has 3 N–H and O–H groups in total. The maximum Gasteiger partial charge on any atom is 0.306 e. The summed E-state index contributed by atoms with van der Waals surface area (Å²) < 4.78 is 19.0. The van der Waals surface area contributed by atoms with Gasteiger partial charge in [-0.3, -0.25) is 9.59 Å². The van der Waals surface area contributed by atoms with Gasteiger partial charge in [-0.05, 0) is 37.5 Å². The lowest BCUT2D eigenvalue weighted by molar-refractivity contribution is -0.141. The fraction of sp³-hybridized carbons (Fsp3) is 0.375. The predicted molar refractivity (Wildman–Crippen MR) is 81.0 cm³/mol. The van der Waals surface area contributed by atoms with Crippen LogP contribution in [0.4, 0.5) is 4.39 Å². The highest BCUT2D eigenvalue weighted by Gasteiger charge is 2.31. The van der Waals surface area contributed by atoms with E-state index in [1.807, 2.05) is 0 Å². The monoisotopic (exact) mass is 320 g/mol. The molecule has 2 atom stereocenters. The first kappa shape index (κ1) is 15.3. The normalized spacial score (nSPS) is 20.6. The summed E-state index contributed by atoms with van der Waals surface area (Å²) in [4.78, 5) is 26.0. The van der Waals surface area contributed by atoms with E-state index in [9.17, 15) is 14.0 Å². The molecule has 1 aliphatic rings. The molecular weight excluding hydrogens is 303 g/mol. The zero-order valence-corrected chi connectivity index (χ0v) is 12.6. The Labute approximate surface area is 131 Å². The number of fused-ring (bicyclic) bond motifs is 1. The van der Waals surface area contributed by atoms with Crippen molar-refractivity contribution in [1.29, 1.82) is 0 Å². The summed E-state index contributed by atoms with van der Waals surface area (Å²) in [7, 11) is 1.48. The molecule has 2 aromatic rings. The van der Waals surface area contributed by atoms with Gasteiger partial charge in [-0.1, -0.05) is 0 Å². The zero-order chi connectivity index (χ0) is 16.6. The van der Waals surface area contributed by atoms with E-state index >= 15 is 0 Å². The second kappa shape index (κ2) is 5.91. The predicted octanol–water partition coefficient (Wildman–Crippen LogP) is 2.30. The summed E-state index contributed by atoms with van der Waals surface area (Å²) in [6.45, 7) is 0. The number of hydrogen-bond donors (Lipinski definition) is 3. The van der Waals surface area contributed by atoms with Crippen LogP contribution in [0.15, 0.2) is 18.2 Å². The van der Waals surface area contributed by atoms with E-state index in [0.717, 1.165) is 0 Å². The Morgan fingerprint density at radius 1 is 1.39 bits per heavy atom. The number of carboxylic acids is 1. The van der Waals surface area contributed by atoms with Crippen LogP contribution < -0.4 is 10.1 Å². The van der Waals surface area contributed by atoms with Crippen LogP contribution in [0.25, 0.3) is 10.9 Å². The van der Waals surface area contributed by atoms with E-state index in [1.54, 1.807) is 0 Å². The van der Waals surface area contributed by atoms with Crippen LogP contribution in [-0.4, -0.2) is 35.1 Å². The number of ether oxygens (including phenoxy) is 1. The Kier molecular flexibility index (Phi) is 3.94. The van der Waals surface area contributed by atoms with Crippen LogP contribution >= 0.6 is 0 Å². The van der Waals surface area contributed by atoms with Gasteiger partial charge in [0.1, 0.15) is 17.3 Å². The Bertz CT molecular complexity index is 771. The van der Waals surface area contributed by atoms with Gasteiger partial charge >= 0.3 is 5.97 Å². The molecule has 0 aliphatic heterocycles. The number of carbonyl (C=O) groups is 2. The maximum absolute atomic E-state index is 13.8. The maximum atomic E-state index is 13.8. The number of hydrogen-bond acceptors (Lipinski definition) is 3. The topological polar surface area (TPSA) is 91.4 Å². The molecule has 122 valence electrons. The molecule has 23 heavy (non-hydrogen) atoms. The minimum Gasteiger partial charge on any atom is -0.496 e. The van der Waals surface area contributed by atoms with Gasteiger partial charge in [0, 0.05) is 11.4 Å². The van der Waals surface area contributed by atoms with Crippen molar-refractivity contribution in [1.82, 2.24) is 10.3 Å². The van der Waals surface area contributed by atoms with Crippen LogP contribution in [0.3, 0.4) is 0 Å². The summed E-state index contributed by atoms with van der Waals surface area (Å²) in [6, 6.07) is 4.13. The molecule has 7 heteroatoms. The lowest BCUT2D eigenvalue weighted by Crippen LogP contribution is -2.33. The molecule has 0 bridgehead atoms. The van der Waals surface area contributed by atoms with Crippen molar-refractivity contribution in [2.75, 3.05) is 7.11 Å². The van der Waals surface area contributed by atoms with Gasteiger partial charge in [-0.15, -0.1) is 0 Å². The van der Waals surface area contributed by atoms with Crippen LogP contribution in [0, 0.1) is 11.7 Å². The molecule has 0 saturated heterocycles. The first-order valence-corrected chi connectivity index (χ1v) is 7.38. The second-order valence-corrected chi connectivity index (χ2v) is 5.74. The Balaban J connectivity index is 1.79. The summed E-state index contributed by atoms with van der Waals surface area (Å²) in [6.07, 6.45) is 1.59. The van der Waals surface area contributed by atoms with Crippen molar-refractivity contribution >= 4 is 22.8 Å². The number of rotatable bonds is 4. The highest BCUT2D eigenvalue weighted by Crippen LogP contribution is 2.29. The number of amides is 1. The molecule has 1 heterocycles. The second-order valence-electron chi connectivity index (χ2n) is 5.74. The number of aromatic amines is 1. The highest BCUT2D eigenvalue weighted by atomic mass is 19.1. The molecule has 0 radical (unpaired) electrons. The molecule has 1 fully saturated rings. The molecule has 1 aliphatic carbocycles. The summed E-state index contributed by atoms with van der Waals surface area (Å²) >= 11 is 0. The van der Waals surface area contributed by atoms with Gasteiger partial charge < -0.3 is 20.1 Å². The third-order valence-corrected chi connectivity index (χ3v) is 4.28. The van der Waals surface area contributed by atoms with Gasteiger partial charge in [-0.2, -0.15) is 0 Å². The van der Waals surface area contributed by atoms with Crippen LogP contribution in [0.5, 0.6) is 5.75 Å². The number of nitrogens with one attached hydrogen (secondary N) is 2. The van der Waals surface area contributed by atoms with Crippen molar-refractivity contribution in [3.05, 3.63) is 29.7 Å². The molecule has 1 saturated carbocycles. The average molecular weight is 320 g/mol. The van der Waals surface area contributed by atoms with E-state index < -0.39 is 17.7 Å². The van der Waals surface area contributed by atoms with Gasteiger partial charge in [0.25, 0.3) is 5.91 Å². The lowest BCUT2D eigenvalue weighted by atomic mass is 10.1. The van der Waals surface area contributed by atoms with E-state index in [0.29, 0.717) is 30.4 Å². The first-order valence-electron chi connectivity index (χ1n) is 7.38. The largest absolute Gasteiger partial charge is 0.496 e.